The Labute approximate surface area is 182 Å². The fourth-order valence-electron chi connectivity index (χ4n) is 3.07. The average molecular weight is 448 g/mol. The van der Waals surface area contributed by atoms with Gasteiger partial charge in [0.2, 0.25) is 5.91 Å². The summed E-state index contributed by atoms with van der Waals surface area (Å²) >= 11 is 1.53. The molecule has 1 aromatic carbocycles. The zero-order valence-corrected chi connectivity index (χ0v) is 18.5. The van der Waals surface area contributed by atoms with E-state index in [4.69, 9.17) is 9.47 Å². The summed E-state index contributed by atoms with van der Waals surface area (Å²) < 4.78 is 10.6. The number of hydrogen-bond donors (Lipinski definition) is 2. The van der Waals surface area contributed by atoms with Crippen LogP contribution >= 0.6 is 36.2 Å². The molecule has 1 fully saturated rings. The zero-order valence-electron chi connectivity index (χ0n) is 16.0. The SMILES string of the molecule is COc1ccc(-c2nc(CC(=O)NCC3CCCNC3)cs2)cc1OC.Cl.Cl. The lowest BCUT2D eigenvalue weighted by molar-refractivity contribution is -0.120. The molecule has 1 aliphatic heterocycles. The monoisotopic (exact) mass is 447 g/mol. The molecule has 6 nitrogen and oxygen atoms in total. The highest BCUT2D eigenvalue weighted by atomic mass is 35.5. The maximum absolute atomic E-state index is 12.2. The normalized spacial score (nSPS) is 15.7. The first-order chi connectivity index (χ1) is 12.7. The molecule has 156 valence electrons. The van der Waals surface area contributed by atoms with E-state index < -0.39 is 0 Å². The lowest BCUT2D eigenvalue weighted by atomic mass is 10.00. The highest BCUT2D eigenvalue weighted by Crippen LogP contribution is 2.33. The fraction of sp³-hybridized carbons (Fsp3) is 0.474. The van der Waals surface area contributed by atoms with Gasteiger partial charge in [-0.05, 0) is 50.0 Å². The number of amides is 1. The number of benzene rings is 1. The minimum absolute atomic E-state index is 0. The van der Waals surface area contributed by atoms with Gasteiger partial charge >= 0.3 is 0 Å². The van der Waals surface area contributed by atoms with Crippen LogP contribution in [0, 0.1) is 5.92 Å². The first-order valence-electron chi connectivity index (χ1n) is 8.84. The van der Waals surface area contributed by atoms with Gasteiger partial charge in [-0.25, -0.2) is 4.98 Å². The number of thiazole rings is 1. The van der Waals surface area contributed by atoms with E-state index in [0.717, 1.165) is 35.9 Å². The van der Waals surface area contributed by atoms with Crippen molar-refractivity contribution in [1.82, 2.24) is 15.6 Å². The van der Waals surface area contributed by atoms with Crippen LogP contribution in [0.5, 0.6) is 11.5 Å². The Morgan fingerprint density at radius 3 is 2.75 bits per heavy atom. The molecule has 28 heavy (non-hydrogen) atoms. The number of carbonyl (C=O) groups excluding carboxylic acids is 1. The first kappa shape index (κ1) is 24.5. The lowest BCUT2D eigenvalue weighted by Gasteiger charge is -2.22. The van der Waals surface area contributed by atoms with Crippen molar-refractivity contribution in [2.45, 2.75) is 19.3 Å². The number of halogens is 2. The van der Waals surface area contributed by atoms with Crippen molar-refractivity contribution in [3.05, 3.63) is 29.3 Å². The van der Waals surface area contributed by atoms with Gasteiger partial charge in [-0.15, -0.1) is 36.2 Å². The second-order valence-electron chi connectivity index (χ2n) is 6.41. The third-order valence-corrected chi connectivity index (χ3v) is 5.45. The number of hydrogen-bond acceptors (Lipinski definition) is 6. The van der Waals surface area contributed by atoms with Crippen molar-refractivity contribution in [1.29, 1.82) is 0 Å². The summed E-state index contributed by atoms with van der Waals surface area (Å²) in [6.07, 6.45) is 2.67. The van der Waals surface area contributed by atoms with Crippen molar-refractivity contribution < 1.29 is 14.3 Å². The quantitative estimate of drug-likeness (QED) is 0.680. The molecule has 1 aromatic heterocycles. The highest BCUT2D eigenvalue weighted by molar-refractivity contribution is 7.13. The standard InChI is InChI=1S/C19H25N3O3S.2ClH/c1-24-16-6-5-14(8-17(16)25-2)19-22-15(12-26-19)9-18(23)21-11-13-4-3-7-20-10-13;;/h5-6,8,12-13,20H,3-4,7,9-11H2,1-2H3,(H,21,23);2*1H. The molecule has 2 N–H and O–H groups in total. The van der Waals surface area contributed by atoms with E-state index in [1.165, 1.54) is 24.2 Å². The Morgan fingerprint density at radius 2 is 2.07 bits per heavy atom. The molecule has 0 spiro atoms. The Balaban J connectivity index is 0.00000196. The summed E-state index contributed by atoms with van der Waals surface area (Å²) in [5, 5.41) is 9.20. The summed E-state index contributed by atoms with van der Waals surface area (Å²) in [5.41, 5.74) is 1.74. The molecule has 2 aromatic rings. The minimum atomic E-state index is 0. The Morgan fingerprint density at radius 1 is 1.29 bits per heavy atom. The van der Waals surface area contributed by atoms with E-state index in [0.29, 0.717) is 23.8 Å². The van der Waals surface area contributed by atoms with Gasteiger partial charge in [-0.3, -0.25) is 4.79 Å². The number of methoxy groups -OCH3 is 2. The number of nitrogens with zero attached hydrogens (tertiary/aromatic N) is 1. The van der Waals surface area contributed by atoms with E-state index in [9.17, 15) is 4.79 Å². The minimum Gasteiger partial charge on any atom is -0.493 e. The fourth-order valence-corrected chi connectivity index (χ4v) is 3.89. The van der Waals surface area contributed by atoms with Gasteiger partial charge < -0.3 is 20.1 Å². The largest absolute Gasteiger partial charge is 0.493 e. The summed E-state index contributed by atoms with van der Waals surface area (Å²) in [5.74, 6) is 1.91. The van der Waals surface area contributed by atoms with E-state index in [-0.39, 0.29) is 30.7 Å². The van der Waals surface area contributed by atoms with Gasteiger partial charge in [-0.1, -0.05) is 0 Å². The average Bonchev–Trinajstić information content (AvgIpc) is 3.15. The van der Waals surface area contributed by atoms with Crippen LogP contribution in [0.3, 0.4) is 0 Å². The molecular formula is C19H27Cl2N3O3S. The van der Waals surface area contributed by atoms with Gasteiger partial charge in [0, 0.05) is 17.5 Å². The van der Waals surface area contributed by atoms with Crippen molar-refractivity contribution in [3.8, 4) is 22.1 Å². The smallest absolute Gasteiger partial charge is 0.226 e. The second kappa shape index (κ2) is 12.1. The molecule has 1 saturated heterocycles. The van der Waals surface area contributed by atoms with Crippen LogP contribution in [0.2, 0.25) is 0 Å². The van der Waals surface area contributed by atoms with Crippen molar-refractivity contribution in [2.75, 3.05) is 33.9 Å². The maximum atomic E-state index is 12.2. The topological polar surface area (TPSA) is 72.5 Å². The number of rotatable bonds is 7. The summed E-state index contributed by atoms with van der Waals surface area (Å²) in [7, 11) is 3.22. The van der Waals surface area contributed by atoms with Crippen LogP contribution in [0.15, 0.2) is 23.6 Å². The molecule has 1 aliphatic rings. The maximum Gasteiger partial charge on any atom is 0.226 e. The molecule has 1 unspecified atom stereocenters. The third kappa shape index (κ3) is 6.51. The van der Waals surface area contributed by atoms with Crippen LogP contribution in [-0.4, -0.2) is 44.7 Å². The van der Waals surface area contributed by atoms with Crippen molar-refractivity contribution in [2.24, 2.45) is 5.92 Å². The molecule has 0 radical (unpaired) electrons. The molecule has 0 aliphatic carbocycles. The summed E-state index contributed by atoms with van der Waals surface area (Å²) in [4.78, 5) is 16.8. The van der Waals surface area contributed by atoms with E-state index in [1.54, 1.807) is 14.2 Å². The zero-order chi connectivity index (χ0) is 18.4. The van der Waals surface area contributed by atoms with Crippen molar-refractivity contribution >= 4 is 42.1 Å². The molecule has 1 atom stereocenters. The summed E-state index contributed by atoms with van der Waals surface area (Å²) in [6, 6.07) is 5.71. The number of piperidine rings is 1. The molecule has 0 saturated carbocycles. The van der Waals surface area contributed by atoms with Crippen LogP contribution in [0.4, 0.5) is 0 Å². The van der Waals surface area contributed by atoms with Crippen LogP contribution < -0.4 is 20.1 Å². The van der Waals surface area contributed by atoms with E-state index >= 15 is 0 Å². The molecule has 9 heteroatoms. The van der Waals surface area contributed by atoms with Crippen LogP contribution in [0.1, 0.15) is 18.5 Å². The van der Waals surface area contributed by atoms with Gasteiger partial charge in [0.15, 0.2) is 11.5 Å². The van der Waals surface area contributed by atoms with Crippen LogP contribution in [0.25, 0.3) is 10.6 Å². The molecule has 2 heterocycles. The van der Waals surface area contributed by atoms with Crippen molar-refractivity contribution in [3.63, 3.8) is 0 Å². The predicted molar refractivity (Wildman–Crippen MR) is 117 cm³/mol. The van der Waals surface area contributed by atoms with Gasteiger partial charge in [0.05, 0.1) is 26.3 Å². The number of aromatic nitrogens is 1. The molecule has 1 amide bonds. The van der Waals surface area contributed by atoms with Gasteiger partial charge in [0.25, 0.3) is 0 Å². The van der Waals surface area contributed by atoms with E-state index in [2.05, 4.69) is 15.6 Å². The number of nitrogens with one attached hydrogen (secondary N) is 2. The first-order valence-corrected chi connectivity index (χ1v) is 9.71. The number of ether oxygens (including phenoxy) is 2. The molecule has 0 bridgehead atoms. The number of carbonyl (C=O) groups is 1. The highest BCUT2D eigenvalue weighted by Gasteiger charge is 2.15. The van der Waals surface area contributed by atoms with Crippen LogP contribution in [-0.2, 0) is 11.2 Å². The predicted octanol–water partition coefficient (Wildman–Crippen LogP) is 3.33. The summed E-state index contributed by atoms with van der Waals surface area (Å²) in [6.45, 7) is 2.81. The van der Waals surface area contributed by atoms with Gasteiger partial charge in [-0.2, -0.15) is 0 Å². The third-order valence-electron chi connectivity index (χ3n) is 4.51. The Kier molecular flexibility index (Phi) is 10.6. The Hall–Kier alpha value is -1.54. The lowest BCUT2D eigenvalue weighted by Crippen LogP contribution is -2.38. The Bertz CT molecular complexity index is 752. The molecule has 3 rings (SSSR count). The molecular weight excluding hydrogens is 421 g/mol. The van der Waals surface area contributed by atoms with E-state index in [1.807, 2.05) is 23.6 Å². The second-order valence-corrected chi connectivity index (χ2v) is 7.27. The van der Waals surface area contributed by atoms with Gasteiger partial charge in [0.1, 0.15) is 5.01 Å².